The van der Waals surface area contributed by atoms with Crippen LogP contribution in [-0.4, -0.2) is 35.6 Å². The van der Waals surface area contributed by atoms with Gasteiger partial charge in [0, 0.05) is 31.3 Å². The van der Waals surface area contributed by atoms with Crippen molar-refractivity contribution in [2.75, 3.05) is 26.2 Å². The third-order valence-electron chi connectivity index (χ3n) is 5.62. The van der Waals surface area contributed by atoms with Crippen LogP contribution in [0.3, 0.4) is 0 Å². The minimum Gasteiger partial charge on any atom is -0.346 e. The van der Waals surface area contributed by atoms with Crippen molar-refractivity contribution < 1.29 is 0 Å². The number of nitrogens with zero attached hydrogens (tertiary/aromatic N) is 2. The van der Waals surface area contributed by atoms with Crippen LogP contribution < -0.4 is 5.32 Å². The van der Waals surface area contributed by atoms with E-state index in [1.54, 1.807) is 0 Å². The smallest absolute Gasteiger partial charge is 0.0480 e. The van der Waals surface area contributed by atoms with Gasteiger partial charge in [-0.2, -0.15) is 0 Å². The highest BCUT2D eigenvalue weighted by atomic mass is 15.2. The molecule has 2 fully saturated rings. The molecule has 1 spiro atoms. The molecule has 2 saturated heterocycles. The summed E-state index contributed by atoms with van der Waals surface area (Å²) in [5, 5.41) is 4.87. The van der Waals surface area contributed by atoms with E-state index in [0.29, 0.717) is 5.41 Å². The second kappa shape index (κ2) is 5.15. The lowest BCUT2D eigenvalue weighted by molar-refractivity contribution is 0.193. The standard InChI is InChI=1S/C18H25N3/c1-20-16(12-15-4-2-3-5-17(15)20)13-21-11-8-18(14-21)6-9-19-10-7-18/h2-5,12,19H,6-11,13-14H2,1H3. The maximum absolute atomic E-state index is 3.50. The number of para-hydroxylation sites is 1. The van der Waals surface area contributed by atoms with Gasteiger partial charge in [0.25, 0.3) is 0 Å². The quantitative estimate of drug-likeness (QED) is 0.914. The number of hydrogen-bond acceptors (Lipinski definition) is 2. The highest BCUT2D eigenvalue weighted by Crippen LogP contribution is 2.39. The van der Waals surface area contributed by atoms with Crippen molar-refractivity contribution in [1.82, 2.24) is 14.8 Å². The topological polar surface area (TPSA) is 20.2 Å². The van der Waals surface area contributed by atoms with Crippen molar-refractivity contribution in [3.05, 3.63) is 36.0 Å². The summed E-state index contributed by atoms with van der Waals surface area (Å²) in [5.74, 6) is 0. The summed E-state index contributed by atoms with van der Waals surface area (Å²) < 4.78 is 2.36. The molecule has 4 rings (SSSR count). The van der Waals surface area contributed by atoms with Gasteiger partial charge in [0.15, 0.2) is 0 Å². The van der Waals surface area contributed by atoms with Gasteiger partial charge in [0.05, 0.1) is 0 Å². The first-order chi connectivity index (χ1) is 10.3. The van der Waals surface area contributed by atoms with Crippen molar-refractivity contribution >= 4 is 10.9 Å². The Morgan fingerprint density at radius 3 is 2.76 bits per heavy atom. The van der Waals surface area contributed by atoms with E-state index in [-0.39, 0.29) is 0 Å². The fourth-order valence-corrected chi connectivity index (χ4v) is 4.25. The second-order valence-corrected chi connectivity index (χ2v) is 6.96. The SMILES string of the molecule is Cn1c(CN2CCC3(CCNCC3)C2)cc2ccccc21. The molecular weight excluding hydrogens is 258 g/mol. The summed E-state index contributed by atoms with van der Waals surface area (Å²) >= 11 is 0. The molecule has 0 amide bonds. The van der Waals surface area contributed by atoms with Gasteiger partial charge in [0.2, 0.25) is 0 Å². The number of benzene rings is 1. The van der Waals surface area contributed by atoms with Crippen LogP contribution in [0, 0.1) is 5.41 Å². The Balaban J connectivity index is 1.52. The van der Waals surface area contributed by atoms with Crippen LogP contribution in [0.15, 0.2) is 30.3 Å². The van der Waals surface area contributed by atoms with Crippen LogP contribution in [-0.2, 0) is 13.6 Å². The van der Waals surface area contributed by atoms with Crippen LogP contribution in [0.1, 0.15) is 25.0 Å². The fourth-order valence-electron chi connectivity index (χ4n) is 4.25. The monoisotopic (exact) mass is 283 g/mol. The largest absolute Gasteiger partial charge is 0.346 e. The zero-order valence-corrected chi connectivity index (χ0v) is 12.9. The maximum atomic E-state index is 3.50. The third-order valence-corrected chi connectivity index (χ3v) is 5.62. The molecule has 3 nitrogen and oxygen atoms in total. The molecule has 0 bridgehead atoms. The molecule has 0 saturated carbocycles. The van der Waals surface area contributed by atoms with Gasteiger partial charge in [-0.1, -0.05) is 18.2 Å². The molecule has 112 valence electrons. The van der Waals surface area contributed by atoms with Crippen molar-refractivity contribution in [3.8, 4) is 0 Å². The van der Waals surface area contributed by atoms with Gasteiger partial charge in [-0.3, -0.25) is 4.90 Å². The van der Waals surface area contributed by atoms with Gasteiger partial charge in [0.1, 0.15) is 0 Å². The summed E-state index contributed by atoms with van der Waals surface area (Å²) in [7, 11) is 2.20. The van der Waals surface area contributed by atoms with Crippen molar-refractivity contribution in [1.29, 1.82) is 0 Å². The number of nitrogens with one attached hydrogen (secondary N) is 1. The van der Waals surface area contributed by atoms with Gasteiger partial charge in [-0.15, -0.1) is 0 Å². The number of aromatic nitrogens is 1. The predicted octanol–water partition coefficient (Wildman–Crippen LogP) is 2.75. The van der Waals surface area contributed by atoms with E-state index < -0.39 is 0 Å². The lowest BCUT2D eigenvalue weighted by Gasteiger charge is -2.33. The number of aryl methyl sites for hydroxylation is 1. The average molecular weight is 283 g/mol. The average Bonchev–Trinajstić information content (AvgIpc) is 3.03. The van der Waals surface area contributed by atoms with Crippen molar-refractivity contribution in [2.45, 2.75) is 25.8 Å². The van der Waals surface area contributed by atoms with E-state index in [2.05, 4.69) is 52.2 Å². The van der Waals surface area contributed by atoms with Crippen LogP contribution in [0.2, 0.25) is 0 Å². The minimum absolute atomic E-state index is 0.607. The third kappa shape index (κ3) is 2.39. The van der Waals surface area contributed by atoms with E-state index in [1.807, 2.05) is 0 Å². The molecule has 2 aliphatic rings. The first-order valence-electron chi connectivity index (χ1n) is 8.22. The molecule has 3 heterocycles. The summed E-state index contributed by atoms with van der Waals surface area (Å²) in [5.41, 5.74) is 3.40. The summed E-state index contributed by atoms with van der Waals surface area (Å²) in [6.45, 7) is 6.07. The molecule has 1 aromatic carbocycles. The Morgan fingerprint density at radius 1 is 1.14 bits per heavy atom. The van der Waals surface area contributed by atoms with Crippen LogP contribution >= 0.6 is 0 Å². The van der Waals surface area contributed by atoms with E-state index in [4.69, 9.17) is 0 Å². The Labute approximate surface area is 126 Å². The Morgan fingerprint density at radius 2 is 1.95 bits per heavy atom. The number of hydrogen-bond donors (Lipinski definition) is 1. The van der Waals surface area contributed by atoms with E-state index >= 15 is 0 Å². The molecule has 21 heavy (non-hydrogen) atoms. The Bertz CT molecular complexity index is 637. The van der Waals surface area contributed by atoms with E-state index in [1.165, 1.54) is 62.0 Å². The summed E-state index contributed by atoms with van der Waals surface area (Å²) in [6.07, 6.45) is 4.11. The Hall–Kier alpha value is -1.32. The number of fused-ring (bicyclic) bond motifs is 1. The van der Waals surface area contributed by atoms with Crippen LogP contribution in [0.4, 0.5) is 0 Å². The summed E-state index contributed by atoms with van der Waals surface area (Å²) in [6, 6.07) is 11.1. The molecule has 3 heteroatoms. The molecule has 0 unspecified atom stereocenters. The van der Waals surface area contributed by atoms with E-state index in [0.717, 1.165) is 6.54 Å². The molecule has 0 radical (unpaired) electrons. The Kier molecular flexibility index (Phi) is 3.27. The van der Waals surface area contributed by atoms with Gasteiger partial charge in [-0.25, -0.2) is 0 Å². The zero-order valence-electron chi connectivity index (χ0n) is 12.9. The van der Waals surface area contributed by atoms with Crippen LogP contribution in [0.25, 0.3) is 10.9 Å². The molecule has 1 aromatic heterocycles. The first kappa shape index (κ1) is 13.4. The maximum Gasteiger partial charge on any atom is 0.0480 e. The number of piperidine rings is 1. The fraction of sp³-hybridized carbons (Fsp3) is 0.556. The lowest BCUT2D eigenvalue weighted by atomic mass is 9.78. The van der Waals surface area contributed by atoms with Gasteiger partial charge in [-0.05, 0) is 61.8 Å². The summed E-state index contributed by atoms with van der Waals surface area (Å²) in [4.78, 5) is 2.67. The second-order valence-electron chi connectivity index (χ2n) is 6.96. The molecular formula is C18H25N3. The highest BCUT2D eigenvalue weighted by Gasteiger charge is 2.38. The van der Waals surface area contributed by atoms with E-state index in [9.17, 15) is 0 Å². The number of likely N-dealkylation sites (tertiary alicyclic amines) is 1. The first-order valence-corrected chi connectivity index (χ1v) is 8.22. The van der Waals surface area contributed by atoms with Gasteiger partial charge >= 0.3 is 0 Å². The molecule has 1 N–H and O–H groups in total. The molecule has 2 aliphatic heterocycles. The molecule has 0 atom stereocenters. The number of rotatable bonds is 2. The minimum atomic E-state index is 0.607. The zero-order chi connectivity index (χ0) is 14.3. The predicted molar refractivity (Wildman–Crippen MR) is 87.3 cm³/mol. The lowest BCUT2D eigenvalue weighted by Crippen LogP contribution is -2.38. The van der Waals surface area contributed by atoms with Crippen molar-refractivity contribution in [3.63, 3.8) is 0 Å². The molecule has 2 aromatic rings. The van der Waals surface area contributed by atoms with Crippen molar-refractivity contribution in [2.24, 2.45) is 12.5 Å². The highest BCUT2D eigenvalue weighted by molar-refractivity contribution is 5.81. The van der Waals surface area contributed by atoms with Gasteiger partial charge < -0.3 is 9.88 Å². The normalized spacial score (nSPS) is 22.3. The molecule has 0 aliphatic carbocycles. The van der Waals surface area contributed by atoms with Crippen LogP contribution in [0.5, 0.6) is 0 Å².